The van der Waals surface area contributed by atoms with Gasteiger partial charge in [-0.1, -0.05) is 19.1 Å². The minimum absolute atomic E-state index is 0.0532. The minimum Gasteiger partial charge on any atom is -0.336 e. The van der Waals surface area contributed by atoms with Crippen molar-refractivity contribution in [2.24, 2.45) is 5.92 Å². The highest BCUT2D eigenvalue weighted by molar-refractivity contribution is 7.10. The summed E-state index contributed by atoms with van der Waals surface area (Å²) < 4.78 is 0. The lowest BCUT2D eigenvalue weighted by atomic mass is 9.97. The molecule has 140 valence electrons. The summed E-state index contributed by atoms with van der Waals surface area (Å²) in [5.41, 5.74) is 0.893. The Kier molecular flexibility index (Phi) is 6.63. The number of thiophene rings is 1. The van der Waals surface area contributed by atoms with Gasteiger partial charge < -0.3 is 10.2 Å². The second-order valence-corrected chi connectivity index (χ2v) is 8.09. The average Bonchev–Trinajstić information content (AvgIpc) is 3.18. The molecular weight excluding hydrogens is 344 g/mol. The van der Waals surface area contributed by atoms with Crippen LogP contribution in [0.2, 0.25) is 0 Å². The Morgan fingerprint density at radius 2 is 2.15 bits per heavy atom. The molecular formula is C20H28N4OS. The maximum atomic E-state index is 12.5. The Morgan fingerprint density at radius 3 is 2.81 bits per heavy atom. The lowest BCUT2D eigenvalue weighted by molar-refractivity contribution is 0.135. The van der Waals surface area contributed by atoms with Crippen LogP contribution in [0.4, 0.5) is 4.79 Å². The monoisotopic (exact) mass is 372 g/mol. The zero-order valence-corrected chi connectivity index (χ0v) is 16.4. The number of urea groups is 1. The lowest BCUT2D eigenvalue weighted by Crippen LogP contribution is -2.44. The molecule has 1 fully saturated rings. The standard InChI is InChI=1S/C20H28N4OS/c1-16-8-11-24(12-9-16)18(19-7-5-13-26-19)14-22-20(25)23(2)15-17-6-3-4-10-21-17/h3-7,10,13,16,18H,8-9,11-12,14-15H2,1-2H3,(H,22,25). The van der Waals surface area contributed by atoms with Gasteiger partial charge in [-0.3, -0.25) is 9.88 Å². The van der Waals surface area contributed by atoms with E-state index in [-0.39, 0.29) is 12.1 Å². The molecule has 3 heterocycles. The van der Waals surface area contributed by atoms with Crippen molar-refractivity contribution in [3.05, 3.63) is 52.5 Å². The van der Waals surface area contributed by atoms with Crippen LogP contribution in [0.3, 0.4) is 0 Å². The molecule has 1 aliphatic rings. The molecule has 0 bridgehead atoms. The van der Waals surface area contributed by atoms with E-state index < -0.39 is 0 Å². The van der Waals surface area contributed by atoms with Gasteiger partial charge in [0.1, 0.15) is 0 Å². The number of aromatic nitrogens is 1. The summed E-state index contributed by atoms with van der Waals surface area (Å²) in [5, 5.41) is 5.24. The van der Waals surface area contributed by atoms with Gasteiger partial charge in [-0.2, -0.15) is 0 Å². The Hall–Kier alpha value is -1.92. The number of piperidine rings is 1. The molecule has 2 aromatic heterocycles. The molecule has 1 N–H and O–H groups in total. The van der Waals surface area contributed by atoms with Crippen LogP contribution in [0, 0.1) is 5.92 Å². The van der Waals surface area contributed by atoms with Crippen molar-refractivity contribution in [2.45, 2.75) is 32.4 Å². The highest BCUT2D eigenvalue weighted by atomic mass is 32.1. The van der Waals surface area contributed by atoms with E-state index in [1.807, 2.05) is 25.2 Å². The third-order valence-corrected chi connectivity index (χ3v) is 6.02. The predicted molar refractivity (Wildman–Crippen MR) is 106 cm³/mol. The first-order chi connectivity index (χ1) is 12.6. The van der Waals surface area contributed by atoms with E-state index in [4.69, 9.17) is 0 Å². The van der Waals surface area contributed by atoms with E-state index in [1.54, 1.807) is 22.4 Å². The smallest absolute Gasteiger partial charge is 0.317 e. The van der Waals surface area contributed by atoms with E-state index in [1.165, 1.54) is 17.7 Å². The molecule has 1 saturated heterocycles. The van der Waals surface area contributed by atoms with Crippen molar-refractivity contribution in [3.8, 4) is 0 Å². The van der Waals surface area contributed by atoms with Gasteiger partial charge in [0.25, 0.3) is 0 Å². The Balaban J connectivity index is 1.57. The number of carbonyl (C=O) groups excluding carboxylic acids is 1. The van der Waals surface area contributed by atoms with Gasteiger partial charge >= 0.3 is 6.03 Å². The fourth-order valence-corrected chi connectivity index (χ4v) is 4.22. The van der Waals surface area contributed by atoms with Gasteiger partial charge in [-0.05, 0) is 55.4 Å². The summed E-state index contributed by atoms with van der Waals surface area (Å²) in [6.45, 7) is 5.68. The van der Waals surface area contributed by atoms with Crippen molar-refractivity contribution >= 4 is 17.4 Å². The van der Waals surface area contributed by atoms with Gasteiger partial charge in [0, 0.05) is 24.7 Å². The minimum atomic E-state index is -0.0532. The highest BCUT2D eigenvalue weighted by Crippen LogP contribution is 2.29. The molecule has 0 saturated carbocycles. The Bertz CT molecular complexity index is 668. The maximum Gasteiger partial charge on any atom is 0.317 e. The molecule has 5 nitrogen and oxygen atoms in total. The third kappa shape index (κ3) is 5.05. The average molecular weight is 373 g/mol. The Morgan fingerprint density at radius 1 is 1.35 bits per heavy atom. The molecule has 6 heteroatoms. The third-order valence-electron chi connectivity index (χ3n) is 5.05. The number of nitrogens with zero attached hydrogens (tertiary/aromatic N) is 3. The summed E-state index contributed by atoms with van der Waals surface area (Å²) in [5.74, 6) is 0.800. The zero-order chi connectivity index (χ0) is 18.4. The molecule has 0 aromatic carbocycles. The zero-order valence-electron chi connectivity index (χ0n) is 15.6. The second-order valence-electron chi connectivity index (χ2n) is 7.11. The summed E-state index contributed by atoms with van der Waals surface area (Å²) in [4.78, 5) is 22.3. The van der Waals surface area contributed by atoms with Crippen molar-refractivity contribution in [1.82, 2.24) is 20.1 Å². The molecule has 3 rings (SSSR count). The molecule has 1 aliphatic heterocycles. The molecule has 0 aliphatic carbocycles. The fourth-order valence-electron chi connectivity index (χ4n) is 3.36. The number of nitrogens with one attached hydrogen (secondary N) is 1. The number of carbonyl (C=O) groups is 1. The van der Waals surface area contributed by atoms with Crippen LogP contribution >= 0.6 is 11.3 Å². The van der Waals surface area contributed by atoms with Gasteiger partial charge in [0.2, 0.25) is 0 Å². The van der Waals surface area contributed by atoms with E-state index in [0.29, 0.717) is 13.1 Å². The summed E-state index contributed by atoms with van der Waals surface area (Å²) >= 11 is 1.77. The number of amides is 2. The van der Waals surface area contributed by atoms with Crippen LogP contribution in [0.5, 0.6) is 0 Å². The largest absolute Gasteiger partial charge is 0.336 e. The fraction of sp³-hybridized carbons (Fsp3) is 0.500. The van der Waals surface area contributed by atoms with Crippen LogP contribution in [-0.4, -0.2) is 47.5 Å². The van der Waals surface area contributed by atoms with Crippen molar-refractivity contribution in [2.75, 3.05) is 26.7 Å². The van der Waals surface area contributed by atoms with Gasteiger partial charge in [-0.25, -0.2) is 4.79 Å². The maximum absolute atomic E-state index is 12.5. The number of pyridine rings is 1. The molecule has 1 atom stereocenters. The number of rotatable bonds is 6. The quantitative estimate of drug-likeness (QED) is 0.840. The van der Waals surface area contributed by atoms with Crippen LogP contribution in [0.15, 0.2) is 41.9 Å². The normalized spacial score (nSPS) is 17.0. The van der Waals surface area contributed by atoms with Gasteiger partial charge in [-0.15, -0.1) is 11.3 Å². The first-order valence-electron chi connectivity index (χ1n) is 9.30. The van der Waals surface area contributed by atoms with E-state index in [2.05, 4.69) is 39.6 Å². The number of hydrogen-bond donors (Lipinski definition) is 1. The van der Waals surface area contributed by atoms with E-state index in [0.717, 1.165) is 24.7 Å². The molecule has 0 radical (unpaired) electrons. The molecule has 2 aromatic rings. The van der Waals surface area contributed by atoms with Crippen LogP contribution in [0.25, 0.3) is 0 Å². The van der Waals surface area contributed by atoms with Crippen LogP contribution < -0.4 is 5.32 Å². The van der Waals surface area contributed by atoms with Crippen molar-refractivity contribution < 1.29 is 4.79 Å². The topological polar surface area (TPSA) is 48.5 Å². The van der Waals surface area contributed by atoms with Gasteiger partial charge in [0.05, 0.1) is 18.3 Å². The summed E-state index contributed by atoms with van der Waals surface area (Å²) in [6.07, 6.45) is 4.22. The second kappa shape index (κ2) is 9.14. The van der Waals surface area contributed by atoms with Crippen LogP contribution in [-0.2, 0) is 6.54 Å². The molecule has 1 unspecified atom stereocenters. The number of likely N-dealkylation sites (tertiary alicyclic amines) is 1. The summed E-state index contributed by atoms with van der Waals surface area (Å²) in [7, 11) is 1.81. The number of hydrogen-bond acceptors (Lipinski definition) is 4. The van der Waals surface area contributed by atoms with E-state index in [9.17, 15) is 4.79 Å². The summed E-state index contributed by atoms with van der Waals surface area (Å²) in [6, 6.07) is 10.2. The van der Waals surface area contributed by atoms with Crippen molar-refractivity contribution in [3.63, 3.8) is 0 Å². The SMILES string of the molecule is CC1CCN(C(CNC(=O)N(C)Cc2ccccn2)c2cccs2)CC1. The Labute approximate surface area is 160 Å². The molecule has 0 spiro atoms. The molecule has 2 amide bonds. The highest BCUT2D eigenvalue weighted by Gasteiger charge is 2.26. The lowest BCUT2D eigenvalue weighted by Gasteiger charge is -2.36. The van der Waals surface area contributed by atoms with Gasteiger partial charge in [0.15, 0.2) is 0 Å². The predicted octanol–water partition coefficient (Wildman–Crippen LogP) is 3.76. The first-order valence-corrected chi connectivity index (χ1v) is 10.2. The van der Waals surface area contributed by atoms with Crippen molar-refractivity contribution in [1.29, 1.82) is 0 Å². The first kappa shape index (κ1) is 18.9. The molecule has 26 heavy (non-hydrogen) atoms. The van der Waals surface area contributed by atoms with Crippen LogP contribution in [0.1, 0.15) is 36.4 Å². The van der Waals surface area contributed by atoms with E-state index >= 15 is 0 Å².